The molecule has 0 aromatic carbocycles. The van der Waals surface area contributed by atoms with E-state index in [1.807, 2.05) is 0 Å². The Morgan fingerprint density at radius 1 is 0.706 bits per heavy atom. The van der Waals surface area contributed by atoms with Crippen molar-refractivity contribution >= 4 is 63.4 Å². The van der Waals surface area contributed by atoms with Gasteiger partial charge in [-0.05, 0) is 19.3 Å². The Labute approximate surface area is 181 Å². The molecule has 0 atom stereocenters. The molecule has 6 nitrogen and oxygen atoms in total. The van der Waals surface area contributed by atoms with E-state index < -0.39 is 17.9 Å². The first-order valence-corrected chi connectivity index (χ1v) is 4.41. The molecule has 0 aliphatic heterocycles. The Morgan fingerprint density at radius 3 is 0.765 bits per heavy atom. The Hall–Kier alpha value is 1.53. The van der Waals surface area contributed by atoms with Crippen molar-refractivity contribution in [2.45, 2.75) is 40.0 Å². The summed E-state index contributed by atoms with van der Waals surface area (Å²) in [6.07, 6.45) is 0.333. The summed E-state index contributed by atoms with van der Waals surface area (Å²) in [6.45, 7) is 4.61. The van der Waals surface area contributed by atoms with Crippen LogP contribution in [0.15, 0.2) is 0 Å². The Balaban J connectivity index is -0.0000000400. The molecular formula is C9H15KO6Sr. The summed E-state index contributed by atoms with van der Waals surface area (Å²) in [7, 11) is 0. The minimum atomic E-state index is -0.995. The van der Waals surface area contributed by atoms with Gasteiger partial charge in [0, 0.05) is 17.9 Å². The smallest absolute Gasteiger partial charge is 0.550 e. The van der Waals surface area contributed by atoms with Crippen LogP contribution in [0, 0.1) is 0 Å². The molecule has 90 valence electrons. The molecule has 0 saturated carbocycles. The SMILES string of the molecule is CCC(=O)[O-].CCC(=O)[O-].CCC(=O)[O-].[K+].[Sr+2]. The van der Waals surface area contributed by atoms with Gasteiger partial charge in [0.05, 0.1) is 0 Å². The van der Waals surface area contributed by atoms with Crippen molar-refractivity contribution in [1.82, 2.24) is 0 Å². The molecule has 0 aromatic heterocycles. The number of carbonyl (C=O) groups is 3. The maximum Gasteiger partial charge on any atom is 2.00 e. The first-order chi connectivity index (χ1) is 6.81. The van der Waals surface area contributed by atoms with Gasteiger partial charge < -0.3 is 29.7 Å². The Kier molecular flexibility index (Phi) is 47.9. The molecule has 0 saturated heterocycles. The van der Waals surface area contributed by atoms with Crippen LogP contribution >= 0.6 is 0 Å². The van der Waals surface area contributed by atoms with E-state index >= 15 is 0 Å². The van der Waals surface area contributed by atoms with E-state index in [0.717, 1.165) is 0 Å². The zero-order valence-corrected chi connectivity index (χ0v) is 17.4. The van der Waals surface area contributed by atoms with E-state index in [1.54, 1.807) is 0 Å². The molecule has 0 fully saturated rings. The average molecular weight is 346 g/mol. The minimum Gasteiger partial charge on any atom is -0.550 e. The summed E-state index contributed by atoms with van der Waals surface area (Å²) in [6, 6.07) is 0. The van der Waals surface area contributed by atoms with E-state index in [1.165, 1.54) is 20.8 Å². The van der Waals surface area contributed by atoms with Gasteiger partial charge in [0.25, 0.3) is 0 Å². The maximum atomic E-state index is 9.26. The number of carboxylic acid groups (broad SMARTS) is 3. The van der Waals surface area contributed by atoms with E-state index in [-0.39, 0.29) is 116 Å². The van der Waals surface area contributed by atoms with Crippen LogP contribution in [-0.2, 0) is 14.4 Å². The van der Waals surface area contributed by atoms with Crippen LogP contribution in [0.1, 0.15) is 40.0 Å². The van der Waals surface area contributed by atoms with Gasteiger partial charge in [-0.15, -0.1) is 0 Å². The maximum absolute atomic E-state index is 9.26. The molecular weight excluding hydrogens is 331 g/mol. The molecule has 0 aromatic rings. The second-order valence-corrected chi connectivity index (χ2v) is 2.18. The minimum absolute atomic E-state index is 0. The predicted molar refractivity (Wildman–Crippen MR) is 51.6 cm³/mol. The number of hydrogen-bond acceptors (Lipinski definition) is 6. The molecule has 0 rings (SSSR count). The van der Waals surface area contributed by atoms with Crippen LogP contribution < -0.4 is 66.7 Å². The largest absolute Gasteiger partial charge is 2.00 e. The molecule has 0 heterocycles. The zero-order valence-electron chi connectivity index (χ0n) is 10.8. The molecule has 0 amide bonds. The quantitative estimate of drug-likeness (QED) is 0.470. The zero-order chi connectivity index (χ0) is 12.9. The van der Waals surface area contributed by atoms with Gasteiger partial charge in [0.2, 0.25) is 0 Å². The number of carboxylic acids is 3. The van der Waals surface area contributed by atoms with E-state index in [4.69, 9.17) is 0 Å². The summed E-state index contributed by atoms with van der Waals surface area (Å²) in [5, 5.41) is 27.8. The number of aliphatic carboxylic acids is 3. The number of carbonyl (C=O) groups excluding carboxylic acids is 3. The Morgan fingerprint density at radius 2 is 0.765 bits per heavy atom. The molecule has 0 spiro atoms. The van der Waals surface area contributed by atoms with Crippen molar-refractivity contribution in [3.63, 3.8) is 0 Å². The Bertz CT molecular complexity index is 165. The second kappa shape index (κ2) is 26.2. The molecule has 0 bridgehead atoms. The van der Waals surface area contributed by atoms with Crippen LogP contribution in [0.5, 0.6) is 0 Å². The number of hydrogen-bond donors (Lipinski definition) is 0. The van der Waals surface area contributed by atoms with Crippen LogP contribution in [-0.4, -0.2) is 63.4 Å². The monoisotopic (exact) mass is 346 g/mol. The van der Waals surface area contributed by atoms with Gasteiger partial charge in [0.15, 0.2) is 0 Å². The normalized spacial score (nSPS) is 6.53. The van der Waals surface area contributed by atoms with Crippen LogP contribution in [0.3, 0.4) is 0 Å². The third-order valence-corrected chi connectivity index (χ3v) is 0.866. The fourth-order valence-corrected chi connectivity index (χ4v) is 0. The summed E-state index contributed by atoms with van der Waals surface area (Å²) in [5.41, 5.74) is 0. The molecule has 0 aliphatic rings. The first-order valence-electron chi connectivity index (χ1n) is 4.41. The van der Waals surface area contributed by atoms with Crippen LogP contribution in [0.25, 0.3) is 0 Å². The van der Waals surface area contributed by atoms with E-state index in [9.17, 15) is 29.7 Å². The second-order valence-electron chi connectivity index (χ2n) is 2.18. The van der Waals surface area contributed by atoms with Crippen LogP contribution in [0.2, 0.25) is 0 Å². The fraction of sp³-hybridized carbons (Fsp3) is 0.667. The van der Waals surface area contributed by atoms with Gasteiger partial charge in [-0.3, -0.25) is 0 Å². The summed E-state index contributed by atoms with van der Waals surface area (Å²) in [4.78, 5) is 27.8. The standard InChI is InChI=1S/3C3H6O2.K.Sr/c3*1-2-3(4)5;;/h3*2H2,1H3,(H,4,5);;/q;;;+1;+2/p-3. The molecule has 0 radical (unpaired) electrons. The van der Waals surface area contributed by atoms with E-state index in [2.05, 4.69) is 0 Å². The van der Waals surface area contributed by atoms with Gasteiger partial charge >= 0.3 is 96.9 Å². The van der Waals surface area contributed by atoms with Gasteiger partial charge in [-0.2, -0.15) is 0 Å². The molecule has 0 aliphatic carbocycles. The van der Waals surface area contributed by atoms with Crippen molar-refractivity contribution in [1.29, 1.82) is 0 Å². The van der Waals surface area contributed by atoms with Crippen molar-refractivity contribution < 1.29 is 81.1 Å². The topological polar surface area (TPSA) is 120 Å². The van der Waals surface area contributed by atoms with Gasteiger partial charge in [-0.1, -0.05) is 20.8 Å². The summed E-state index contributed by atoms with van der Waals surface area (Å²) >= 11 is 0. The molecule has 0 unspecified atom stereocenters. The van der Waals surface area contributed by atoms with Crippen molar-refractivity contribution in [3.8, 4) is 0 Å². The van der Waals surface area contributed by atoms with Crippen molar-refractivity contribution in [2.75, 3.05) is 0 Å². The van der Waals surface area contributed by atoms with Gasteiger partial charge in [-0.25, -0.2) is 0 Å². The first kappa shape index (κ1) is 31.1. The third kappa shape index (κ3) is 74.6. The number of rotatable bonds is 3. The van der Waals surface area contributed by atoms with Crippen LogP contribution in [0.4, 0.5) is 0 Å². The van der Waals surface area contributed by atoms with Crippen molar-refractivity contribution in [3.05, 3.63) is 0 Å². The predicted octanol–water partition coefficient (Wildman–Crippen LogP) is -5.94. The summed E-state index contributed by atoms with van der Waals surface area (Å²) in [5.74, 6) is -2.99. The molecule has 17 heavy (non-hydrogen) atoms. The average Bonchev–Trinajstić information content (AvgIpc) is 2.19. The summed E-state index contributed by atoms with van der Waals surface area (Å²) < 4.78 is 0. The van der Waals surface area contributed by atoms with Gasteiger partial charge in [0.1, 0.15) is 0 Å². The fourth-order valence-electron chi connectivity index (χ4n) is 0. The third-order valence-electron chi connectivity index (χ3n) is 0.866. The molecule has 0 N–H and O–H groups in total. The van der Waals surface area contributed by atoms with E-state index in [0.29, 0.717) is 0 Å². The van der Waals surface area contributed by atoms with Crippen molar-refractivity contribution in [2.24, 2.45) is 0 Å². The molecule has 8 heteroatoms.